The van der Waals surface area contributed by atoms with Crippen LogP contribution in [-0.4, -0.2) is 76.1 Å². The Bertz CT molecular complexity index is 1370. The van der Waals surface area contributed by atoms with Crippen molar-refractivity contribution in [2.45, 2.75) is 50.0 Å². The number of ether oxygens (including phenoxy) is 1. The minimum Gasteiger partial charge on any atom is -0.396 e. The Morgan fingerprint density at radius 2 is 1.76 bits per heavy atom. The fourth-order valence-corrected chi connectivity index (χ4v) is 7.44. The number of aliphatic hydroxyl groups excluding tert-OH is 1. The summed E-state index contributed by atoms with van der Waals surface area (Å²) >= 11 is 6.53. The van der Waals surface area contributed by atoms with Crippen molar-refractivity contribution in [3.8, 4) is 0 Å². The lowest BCUT2D eigenvalue weighted by atomic mass is 9.66. The third-order valence-electron chi connectivity index (χ3n) is 8.93. The average Bonchev–Trinajstić information content (AvgIpc) is 3.55. The van der Waals surface area contributed by atoms with Gasteiger partial charge in [-0.05, 0) is 43.9 Å². The molecule has 0 saturated carbocycles. The molecule has 5 atom stereocenters. The van der Waals surface area contributed by atoms with E-state index < -0.39 is 29.1 Å². The van der Waals surface area contributed by atoms with Crippen LogP contribution in [-0.2, 0) is 25.7 Å². The maximum Gasteiger partial charge on any atom is 0.253 e. The van der Waals surface area contributed by atoms with Crippen LogP contribution in [0.15, 0.2) is 79.9 Å². The molecule has 0 radical (unpaired) electrons. The topological polar surface area (TPSA) is 90.4 Å². The van der Waals surface area contributed by atoms with Crippen molar-refractivity contribution in [3.05, 3.63) is 90.5 Å². The number of halogens is 1. The molecule has 0 aromatic heterocycles. The van der Waals surface area contributed by atoms with E-state index in [1.807, 2.05) is 37.3 Å². The maximum atomic E-state index is 14.6. The Morgan fingerprint density at radius 3 is 2.43 bits per heavy atom. The summed E-state index contributed by atoms with van der Waals surface area (Å²) in [7, 11) is 0. The predicted octanol–water partition coefficient (Wildman–Crippen LogP) is 4.22. The molecule has 3 amide bonds. The van der Waals surface area contributed by atoms with Crippen LogP contribution in [0.2, 0.25) is 5.02 Å². The first-order chi connectivity index (χ1) is 20.2. The van der Waals surface area contributed by atoms with E-state index in [2.05, 4.69) is 13.2 Å². The van der Waals surface area contributed by atoms with E-state index >= 15 is 0 Å². The molecule has 3 fully saturated rings. The van der Waals surface area contributed by atoms with Gasteiger partial charge in [0.05, 0.1) is 28.1 Å². The molecule has 2 bridgehead atoms. The van der Waals surface area contributed by atoms with Crippen LogP contribution in [0, 0.1) is 11.8 Å². The van der Waals surface area contributed by atoms with Gasteiger partial charge in [0.15, 0.2) is 0 Å². The number of amides is 3. The number of fused-ring (bicyclic) bond motifs is 1. The second kappa shape index (κ2) is 12.0. The zero-order chi connectivity index (χ0) is 30.1. The zero-order valence-corrected chi connectivity index (χ0v) is 24.7. The van der Waals surface area contributed by atoms with Crippen LogP contribution in [0.1, 0.15) is 31.7 Å². The number of nitrogens with zero attached hydrogens (tertiary/aromatic N) is 3. The first-order valence-electron chi connectivity index (χ1n) is 14.4. The van der Waals surface area contributed by atoms with Gasteiger partial charge in [-0.15, -0.1) is 13.2 Å². The van der Waals surface area contributed by atoms with Crippen LogP contribution in [0.3, 0.4) is 0 Å². The van der Waals surface area contributed by atoms with E-state index in [9.17, 15) is 19.5 Å². The summed E-state index contributed by atoms with van der Waals surface area (Å²) in [6, 6.07) is 15.7. The Hall–Kier alpha value is -3.46. The molecule has 2 unspecified atom stereocenters. The lowest BCUT2D eigenvalue weighted by Gasteiger charge is -2.37. The van der Waals surface area contributed by atoms with Crippen LogP contribution in [0.4, 0.5) is 5.69 Å². The van der Waals surface area contributed by atoms with Gasteiger partial charge < -0.3 is 24.5 Å². The number of para-hydroxylation sites is 1. The molecule has 1 N–H and O–H groups in total. The van der Waals surface area contributed by atoms with E-state index in [4.69, 9.17) is 16.3 Å². The number of carbonyl (C=O) groups is 3. The van der Waals surface area contributed by atoms with Crippen LogP contribution in [0.25, 0.3) is 0 Å². The number of rotatable bonds is 12. The number of hydrogen-bond acceptors (Lipinski definition) is 5. The van der Waals surface area contributed by atoms with Crippen molar-refractivity contribution in [3.63, 3.8) is 0 Å². The van der Waals surface area contributed by atoms with Gasteiger partial charge in [-0.1, -0.05) is 66.2 Å². The van der Waals surface area contributed by atoms with Gasteiger partial charge in [-0.25, -0.2) is 0 Å². The molecule has 5 rings (SSSR count). The number of hydrogen-bond donors (Lipinski definition) is 1. The highest BCUT2D eigenvalue weighted by Crippen LogP contribution is 2.63. The smallest absolute Gasteiger partial charge is 0.253 e. The highest BCUT2D eigenvalue weighted by molar-refractivity contribution is 6.34. The van der Waals surface area contributed by atoms with Crippen LogP contribution >= 0.6 is 11.6 Å². The molecule has 2 aromatic rings. The average molecular weight is 592 g/mol. The maximum absolute atomic E-state index is 14.6. The van der Waals surface area contributed by atoms with Gasteiger partial charge in [0.1, 0.15) is 11.6 Å². The summed E-state index contributed by atoms with van der Waals surface area (Å²) in [6.45, 7) is 10.4. The SMILES string of the molecule is C=CCN(Cc1ccccc1)C(=O)[C@@H]1[C@H]2C(=O)N(CCCO)C(C(=O)N(CC=C)c3ccccc3Cl)C23CC[C@@]1(C)O3. The van der Waals surface area contributed by atoms with E-state index in [1.165, 1.54) is 9.80 Å². The third-order valence-corrected chi connectivity index (χ3v) is 9.25. The molecule has 1 spiro atoms. The van der Waals surface area contributed by atoms with Crippen molar-refractivity contribution in [2.24, 2.45) is 11.8 Å². The molecule has 3 heterocycles. The number of carbonyl (C=O) groups excluding carboxylic acids is 3. The van der Waals surface area contributed by atoms with Crippen molar-refractivity contribution in [2.75, 3.05) is 31.1 Å². The van der Waals surface area contributed by atoms with Gasteiger partial charge in [0.2, 0.25) is 11.8 Å². The molecule has 9 heteroatoms. The summed E-state index contributed by atoms with van der Waals surface area (Å²) in [5, 5.41) is 10.1. The summed E-state index contributed by atoms with van der Waals surface area (Å²) in [5.41, 5.74) is -0.633. The van der Waals surface area contributed by atoms with E-state index in [0.29, 0.717) is 43.1 Å². The van der Waals surface area contributed by atoms with Crippen molar-refractivity contribution in [1.29, 1.82) is 0 Å². The molecule has 2 aromatic carbocycles. The quantitative estimate of drug-likeness (QED) is 0.373. The molecule has 222 valence electrons. The first-order valence-corrected chi connectivity index (χ1v) is 14.8. The number of benzene rings is 2. The van der Waals surface area contributed by atoms with Gasteiger partial charge in [0, 0.05) is 32.8 Å². The second-order valence-electron chi connectivity index (χ2n) is 11.5. The van der Waals surface area contributed by atoms with Gasteiger partial charge in [-0.2, -0.15) is 0 Å². The standard InChI is InChI=1S/C33H38ClN3O5/c1-4-18-35(22-23-12-7-6-8-13-23)29(39)26-27-30(40)37(20-11-21-38)28(33(27)17-16-32(26,3)42-33)31(41)36(19-5-2)25-15-10-9-14-24(25)34/h4-10,12-15,26-28,38H,1-2,11,16-22H2,3H3/t26-,27-,28?,32+,33?/m0/s1. The Kier molecular flexibility index (Phi) is 8.60. The number of likely N-dealkylation sites (tertiary alicyclic amines) is 1. The minimum absolute atomic E-state index is 0.144. The zero-order valence-electron chi connectivity index (χ0n) is 24.0. The molecule has 8 nitrogen and oxygen atoms in total. The lowest BCUT2D eigenvalue weighted by Crippen LogP contribution is -2.56. The third kappa shape index (κ3) is 4.95. The fourth-order valence-electron chi connectivity index (χ4n) is 7.21. The first kappa shape index (κ1) is 30.0. The monoisotopic (exact) mass is 591 g/mol. The van der Waals surface area contributed by atoms with E-state index in [0.717, 1.165) is 5.56 Å². The molecule has 3 aliphatic heterocycles. The molecular weight excluding hydrogens is 554 g/mol. The van der Waals surface area contributed by atoms with Gasteiger partial charge >= 0.3 is 0 Å². The minimum atomic E-state index is -1.19. The summed E-state index contributed by atoms with van der Waals surface area (Å²) in [5.74, 6) is -2.44. The highest BCUT2D eigenvalue weighted by Gasteiger charge is 2.78. The number of anilines is 1. The summed E-state index contributed by atoms with van der Waals surface area (Å²) in [4.78, 5) is 48.0. The lowest BCUT2D eigenvalue weighted by molar-refractivity contribution is -0.150. The van der Waals surface area contributed by atoms with E-state index in [1.54, 1.807) is 41.3 Å². The summed E-state index contributed by atoms with van der Waals surface area (Å²) < 4.78 is 6.79. The Balaban J connectivity index is 1.56. The second-order valence-corrected chi connectivity index (χ2v) is 11.9. The normalized spacial score (nSPS) is 27.5. The van der Waals surface area contributed by atoms with Gasteiger partial charge in [-0.3, -0.25) is 14.4 Å². The highest BCUT2D eigenvalue weighted by atomic mass is 35.5. The van der Waals surface area contributed by atoms with Crippen molar-refractivity contribution < 1.29 is 24.2 Å². The van der Waals surface area contributed by atoms with Crippen LogP contribution in [0.5, 0.6) is 0 Å². The largest absolute Gasteiger partial charge is 0.396 e. The fraction of sp³-hybridized carbons (Fsp3) is 0.424. The van der Waals surface area contributed by atoms with Crippen molar-refractivity contribution in [1.82, 2.24) is 9.80 Å². The number of aliphatic hydroxyl groups is 1. The van der Waals surface area contributed by atoms with Crippen molar-refractivity contribution >= 4 is 35.0 Å². The molecular formula is C33H38ClN3O5. The molecule has 0 aliphatic carbocycles. The van der Waals surface area contributed by atoms with Crippen LogP contribution < -0.4 is 4.90 Å². The molecule has 3 saturated heterocycles. The molecule has 42 heavy (non-hydrogen) atoms. The molecule has 3 aliphatic rings. The predicted molar refractivity (Wildman–Crippen MR) is 162 cm³/mol. The van der Waals surface area contributed by atoms with E-state index in [-0.39, 0.29) is 37.4 Å². The Labute approximate surface area is 252 Å². The summed E-state index contributed by atoms with van der Waals surface area (Å²) in [6.07, 6.45) is 4.58. The van der Waals surface area contributed by atoms with Gasteiger partial charge in [0.25, 0.3) is 5.91 Å². The Morgan fingerprint density at radius 1 is 1.07 bits per heavy atom.